The van der Waals surface area contributed by atoms with Crippen molar-refractivity contribution < 1.29 is 5.11 Å². The van der Waals surface area contributed by atoms with Crippen LogP contribution in [0.3, 0.4) is 0 Å². The van der Waals surface area contributed by atoms with E-state index in [0.29, 0.717) is 11.7 Å². The molecule has 0 fully saturated rings. The second kappa shape index (κ2) is 6.48. The van der Waals surface area contributed by atoms with Crippen molar-refractivity contribution in [1.29, 1.82) is 0 Å². The molecule has 0 heterocycles. The Labute approximate surface area is 105 Å². The second-order valence-electron chi connectivity index (χ2n) is 4.71. The molecule has 1 aromatic rings. The third kappa shape index (κ3) is 3.62. The first-order chi connectivity index (χ1) is 8.10. The number of aryl methyl sites for hydroxylation is 2. The molecule has 17 heavy (non-hydrogen) atoms. The quantitative estimate of drug-likeness (QED) is 0.719. The molecule has 0 bridgehead atoms. The lowest BCUT2D eigenvalue weighted by Gasteiger charge is -2.19. The second-order valence-corrected chi connectivity index (χ2v) is 4.71. The van der Waals surface area contributed by atoms with E-state index < -0.39 is 0 Å². The summed E-state index contributed by atoms with van der Waals surface area (Å²) in [5, 5.41) is 9.57. The van der Waals surface area contributed by atoms with Crippen molar-refractivity contribution in [3.63, 3.8) is 0 Å². The zero-order valence-corrected chi connectivity index (χ0v) is 11.5. The van der Waals surface area contributed by atoms with Crippen LogP contribution in [0.25, 0.3) is 0 Å². The average Bonchev–Trinajstić information content (AvgIpc) is 2.25. The largest absolute Gasteiger partial charge is 0.508 e. The van der Waals surface area contributed by atoms with Gasteiger partial charge in [0.05, 0.1) is 0 Å². The van der Waals surface area contributed by atoms with Crippen LogP contribution in [0.4, 0.5) is 0 Å². The number of phenols is 1. The highest BCUT2D eigenvalue weighted by Crippen LogP contribution is 2.32. The minimum absolute atomic E-state index is 0.378. The van der Waals surface area contributed by atoms with Gasteiger partial charge in [-0.15, -0.1) is 0 Å². The van der Waals surface area contributed by atoms with Gasteiger partial charge in [-0.1, -0.05) is 26.0 Å². The van der Waals surface area contributed by atoms with Crippen molar-refractivity contribution in [3.8, 4) is 5.75 Å². The minimum atomic E-state index is 0.378. The van der Waals surface area contributed by atoms with Gasteiger partial charge >= 0.3 is 0 Å². The van der Waals surface area contributed by atoms with Crippen LogP contribution in [0.2, 0.25) is 0 Å². The summed E-state index contributed by atoms with van der Waals surface area (Å²) in [7, 11) is 0. The predicted molar refractivity (Wildman–Crippen MR) is 74.7 cm³/mol. The zero-order valence-electron chi connectivity index (χ0n) is 11.5. The molecule has 0 aliphatic carbocycles. The van der Waals surface area contributed by atoms with Crippen LogP contribution in [0.1, 0.15) is 55.7 Å². The lowest BCUT2D eigenvalue weighted by Crippen LogP contribution is -2.02. The standard InChI is InChI=1S/C16H24O/c1-5-7-8-9-14(6-2)16-12(3)10-15(17)11-13(16)4/h7-8,10-11,14,17H,5-6,9H2,1-4H3/b8-7-. The van der Waals surface area contributed by atoms with Crippen LogP contribution in [-0.2, 0) is 0 Å². The van der Waals surface area contributed by atoms with Gasteiger partial charge in [-0.25, -0.2) is 0 Å². The monoisotopic (exact) mass is 232 g/mol. The summed E-state index contributed by atoms with van der Waals surface area (Å²) in [5.41, 5.74) is 3.82. The summed E-state index contributed by atoms with van der Waals surface area (Å²) < 4.78 is 0. The maximum absolute atomic E-state index is 9.57. The predicted octanol–water partition coefficient (Wildman–Crippen LogP) is 4.86. The molecule has 0 spiro atoms. The Hall–Kier alpha value is -1.24. The van der Waals surface area contributed by atoms with Crippen molar-refractivity contribution in [3.05, 3.63) is 41.0 Å². The first kappa shape index (κ1) is 13.8. The maximum Gasteiger partial charge on any atom is 0.116 e. The minimum Gasteiger partial charge on any atom is -0.508 e. The van der Waals surface area contributed by atoms with Gasteiger partial charge in [-0.3, -0.25) is 0 Å². The molecule has 0 aliphatic heterocycles. The van der Waals surface area contributed by atoms with E-state index in [0.717, 1.165) is 19.3 Å². The van der Waals surface area contributed by atoms with Crippen LogP contribution in [0, 0.1) is 13.8 Å². The van der Waals surface area contributed by atoms with E-state index in [9.17, 15) is 5.11 Å². The van der Waals surface area contributed by atoms with E-state index in [-0.39, 0.29) is 0 Å². The molecule has 1 rings (SSSR count). The number of rotatable bonds is 5. The highest BCUT2D eigenvalue weighted by atomic mass is 16.3. The fraction of sp³-hybridized carbons (Fsp3) is 0.500. The molecule has 1 unspecified atom stereocenters. The molecule has 0 aliphatic rings. The van der Waals surface area contributed by atoms with Crippen molar-refractivity contribution in [1.82, 2.24) is 0 Å². The summed E-state index contributed by atoms with van der Waals surface area (Å²) >= 11 is 0. The van der Waals surface area contributed by atoms with Gasteiger partial charge in [0.15, 0.2) is 0 Å². The van der Waals surface area contributed by atoms with Gasteiger partial charge in [0, 0.05) is 0 Å². The molecule has 1 heteroatoms. The Morgan fingerprint density at radius 1 is 1.12 bits per heavy atom. The smallest absolute Gasteiger partial charge is 0.116 e. The Bertz CT molecular complexity index is 368. The van der Waals surface area contributed by atoms with E-state index in [2.05, 4.69) is 39.8 Å². The van der Waals surface area contributed by atoms with Gasteiger partial charge in [0.1, 0.15) is 5.75 Å². The van der Waals surface area contributed by atoms with Crippen molar-refractivity contribution >= 4 is 0 Å². The lowest BCUT2D eigenvalue weighted by atomic mass is 9.86. The summed E-state index contributed by atoms with van der Waals surface area (Å²) in [5.74, 6) is 0.945. The average molecular weight is 232 g/mol. The van der Waals surface area contributed by atoms with Gasteiger partial charge in [0.2, 0.25) is 0 Å². The molecule has 1 aromatic carbocycles. The summed E-state index contributed by atoms with van der Waals surface area (Å²) in [4.78, 5) is 0. The summed E-state index contributed by atoms with van der Waals surface area (Å²) in [6, 6.07) is 3.74. The first-order valence-electron chi connectivity index (χ1n) is 6.55. The van der Waals surface area contributed by atoms with Crippen LogP contribution < -0.4 is 0 Å². The topological polar surface area (TPSA) is 20.2 Å². The third-order valence-electron chi connectivity index (χ3n) is 3.30. The highest BCUT2D eigenvalue weighted by Gasteiger charge is 2.14. The van der Waals surface area contributed by atoms with E-state index in [1.54, 1.807) is 0 Å². The van der Waals surface area contributed by atoms with E-state index in [1.165, 1.54) is 16.7 Å². The van der Waals surface area contributed by atoms with Gasteiger partial charge in [-0.2, -0.15) is 0 Å². The third-order valence-corrected chi connectivity index (χ3v) is 3.30. The van der Waals surface area contributed by atoms with Crippen LogP contribution in [0.15, 0.2) is 24.3 Å². The molecular formula is C16H24O. The SMILES string of the molecule is CC/C=C\CC(CC)c1c(C)cc(O)cc1C. The molecule has 94 valence electrons. The number of phenolic OH excluding ortho intramolecular Hbond substituents is 1. The molecule has 1 atom stereocenters. The van der Waals surface area contributed by atoms with E-state index in [1.807, 2.05) is 12.1 Å². The number of hydrogen-bond donors (Lipinski definition) is 1. The molecule has 1 N–H and O–H groups in total. The molecule has 0 amide bonds. The molecule has 1 nitrogen and oxygen atoms in total. The van der Waals surface area contributed by atoms with Gasteiger partial charge in [0.25, 0.3) is 0 Å². The molecule has 0 saturated carbocycles. The zero-order chi connectivity index (χ0) is 12.8. The Kier molecular flexibility index (Phi) is 5.27. The maximum atomic E-state index is 9.57. The van der Waals surface area contributed by atoms with Crippen LogP contribution in [0.5, 0.6) is 5.75 Å². The molecular weight excluding hydrogens is 208 g/mol. The normalized spacial score (nSPS) is 13.2. The molecule has 0 aromatic heterocycles. The Morgan fingerprint density at radius 3 is 2.18 bits per heavy atom. The highest BCUT2D eigenvalue weighted by molar-refractivity contribution is 5.42. The molecule has 0 saturated heterocycles. The lowest BCUT2D eigenvalue weighted by molar-refractivity contribution is 0.473. The number of hydrogen-bond acceptors (Lipinski definition) is 1. The van der Waals surface area contributed by atoms with Crippen molar-refractivity contribution in [2.24, 2.45) is 0 Å². The number of benzene rings is 1. The van der Waals surface area contributed by atoms with Gasteiger partial charge in [-0.05, 0) is 67.9 Å². The number of aromatic hydroxyl groups is 1. The van der Waals surface area contributed by atoms with Gasteiger partial charge < -0.3 is 5.11 Å². The molecule has 0 radical (unpaired) electrons. The van der Waals surface area contributed by atoms with Crippen molar-refractivity contribution in [2.45, 2.75) is 52.9 Å². The van der Waals surface area contributed by atoms with Crippen LogP contribution in [-0.4, -0.2) is 5.11 Å². The Balaban J connectivity index is 2.99. The summed E-state index contributed by atoms with van der Waals surface area (Å²) in [6.45, 7) is 8.58. The van der Waals surface area contributed by atoms with Crippen LogP contribution >= 0.6 is 0 Å². The van der Waals surface area contributed by atoms with E-state index >= 15 is 0 Å². The fourth-order valence-electron chi connectivity index (χ4n) is 2.51. The number of allylic oxidation sites excluding steroid dienone is 2. The van der Waals surface area contributed by atoms with Crippen molar-refractivity contribution in [2.75, 3.05) is 0 Å². The summed E-state index contributed by atoms with van der Waals surface area (Å²) in [6.07, 6.45) is 7.84. The fourth-order valence-corrected chi connectivity index (χ4v) is 2.51. The van der Waals surface area contributed by atoms with E-state index in [4.69, 9.17) is 0 Å². The Morgan fingerprint density at radius 2 is 1.71 bits per heavy atom. The first-order valence-corrected chi connectivity index (χ1v) is 6.55.